The average molecular weight is 394 g/mol. The van der Waals surface area contributed by atoms with Crippen LogP contribution in [-0.4, -0.2) is 46.0 Å². The summed E-state index contributed by atoms with van der Waals surface area (Å²) in [5.41, 5.74) is 0.860. The van der Waals surface area contributed by atoms with Gasteiger partial charge in [-0.2, -0.15) is 0 Å². The molecule has 1 atom stereocenters. The van der Waals surface area contributed by atoms with Crippen molar-refractivity contribution >= 4 is 21.4 Å². The Morgan fingerprint density at radius 1 is 1.22 bits per heavy atom. The number of nitro groups is 1. The number of methoxy groups -OCH3 is 1. The number of nitrogens with zero attached hydrogens (tertiary/aromatic N) is 2. The number of nitrogens with two attached hydrogens (primary N) is 1. The van der Waals surface area contributed by atoms with E-state index in [1.165, 1.54) is 12.1 Å². The second kappa shape index (κ2) is 8.33. The molecule has 0 heterocycles. The molecule has 1 unspecified atom stereocenters. The van der Waals surface area contributed by atoms with Crippen LogP contribution in [0.25, 0.3) is 0 Å². The number of nitro benzene ring substituents is 1. The van der Waals surface area contributed by atoms with Crippen LogP contribution in [0.4, 0.5) is 11.4 Å². The minimum atomic E-state index is -4.02. The maximum atomic E-state index is 11.4. The molecular formula is C17H22N4O5S. The smallest absolute Gasteiger partial charge is 0.293 e. The summed E-state index contributed by atoms with van der Waals surface area (Å²) in [4.78, 5) is 12.3. The zero-order chi connectivity index (χ0) is 20.2. The summed E-state index contributed by atoms with van der Waals surface area (Å²) >= 11 is 0. The van der Waals surface area contributed by atoms with Gasteiger partial charge in [0.2, 0.25) is 10.0 Å². The van der Waals surface area contributed by atoms with E-state index in [1.807, 2.05) is 43.3 Å². The summed E-state index contributed by atoms with van der Waals surface area (Å²) in [5, 5.41) is 19.4. The number of primary sulfonamides is 1. The van der Waals surface area contributed by atoms with E-state index in [1.54, 1.807) is 7.11 Å². The molecular weight excluding hydrogens is 372 g/mol. The van der Waals surface area contributed by atoms with Crippen molar-refractivity contribution in [1.29, 1.82) is 0 Å². The predicted octanol–water partition coefficient (Wildman–Crippen LogP) is 1.97. The monoisotopic (exact) mass is 394 g/mol. The van der Waals surface area contributed by atoms with Crippen molar-refractivity contribution in [3.8, 4) is 5.75 Å². The minimum absolute atomic E-state index is 0.0755. The van der Waals surface area contributed by atoms with Gasteiger partial charge in [0, 0.05) is 12.6 Å². The molecule has 2 rings (SSSR count). The third-order valence-corrected chi connectivity index (χ3v) is 5.02. The first-order chi connectivity index (χ1) is 12.6. The van der Waals surface area contributed by atoms with Gasteiger partial charge in [0.05, 0.1) is 23.0 Å². The summed E-state index contributed by atoms with van der Waals surface area (Å²) in [6.07, 6.45) is 0. The molecule has 27 heavy (non-hydrogen) atoms. The fourth-order valence-electron chi connectivity index (χ4n) is 2.62. The van der Waals surface area contributed by atoms with Crippen LogP contribution in [0.15, 0.2) is 47.4 Å². The van der Waals surface area contributed by atoms with Gasteiger partial charge in [0.15, 0.2) is 0 Å². The predicted molar refractivity (Wildman–Crippen MR) is 102 cm³/mol. The molecule has 0 aliphatic carbocycles. The number of ether oxygens (including phenoxy) is 1. The van der Waals surface area contributed by atoms with E-state index in [0.717, 1.165) is 17.4 Å². The van der Waals surface area contributed by atoms with Gasteiger partial charge in [-0.1, -0.05) is 12.1 Å². The molecule has 0 radical (unpaired) electrons. The molecule has 0 saturated heterocycles. The van der Waals surface area contributed by atoms with Crippen LogP contribution in [-0.2, 0) is 10.0 Å². The van der Waals surface area contributed by atoms with E-state index in [4.69, 9.17) is 9.88 Å². The van der Waals surface area contributed by atoms with Crippen molar-refractivity contribution in [3.05, 3.63) is 58.1 Å². The van der Waals surface area contributed by atoms with Gasteiger partial charge in [-0.3, -0.25) is 10.1 Å². The molecule has 0 amide bonds. The Labute approximate surface area is 157 Å². The van der Waals surface area contributed by atoms with Gasteiger partial charge in [-0.15, -0.1) is 0 Å². The number of nitrogens with one attached hydrogen (secondary N) is 1. The van der Waals surface area contributed by atoms with Gasteiger partial charge in [-0.05, 0) is 43.9 Å². The van der Waals surface area contributed by atoms with Crippen LogP contribution in [0.1, 0.15) is 11.6 Å². The molecule has 0 spiro atoms. The zero-order valence-electron chi connectivity index (χ0n) is 15.2. The summed E-state index contributed by atoms with van der Waals surface area (Å²) < 4.78 is 28.0. The van der Waals surface area contributed by atoms with Gasteiger partial charge in [0.25, 0.3) is 5.69 Å². The van der Waals surface area contributed by atoms with E-state index in [-0.39, 0.29) is 22.3 Å². The van der Waals surface area contributed by atoms with Crippen LogP contribution in [0.2, 0.25) is 0 Å². The van der Waals surface area contributed by atoms with Crippen LogP contribution < -0.4 is 15.2 Å². The Morgan fingerprint density at radius 3 is 2.33 bits per heavy atom. The number of hydrogen-bond donors (Lipinski definition) is 2. The lowest BCUT2D eigenvalue weighted by Gasteiger charge is -2.25. The number of sulfonamides is 1. The standard InChI is InChI=1S/C17H22N4O5S/c1-20(2)17(12-4-6-13(26-3)7-5-12)11-19-15-9-8-14(27(18,24)25)10-16(15)21(22)23/h4-10,17,19H,11H2,1-3H3,(H2,18,24,25). The van der Waals surface area contributed by atoms with Crippen molar-refractivity contribution in [2.45, 2.75) is 10.9 Å². The SMILES string of the molecule is COc1ccc(C(CNc2ccc(S(N)(=O)=O)cc2[N+](=O)[O-])N(C)C)cc1. The van der Waals surface area contributed by atoms with Crippen LogP contribution in [0.3, 0.4) is 0 Å². The molecule has 0 aliphatic heterocycles. The first kappa shape index (κ1) is 20.6. The lowest BCUT2D eigenvalue weighted by Crippen LogP contribution is -2.27. The highest BCUT2D eigenvalue weighted by molar-refractivity contribution is 7.89. The molecule has 0 fully saturated rings. The Hall–Kier alpha value is -2.69. The van der Waals surface area contributed by atoms with Gasteiger partial charge >= 0.3 is 0 Å². The number of anilines is 1. The van der Waals surface area contributed by atoms with E-state index >= 15 is 0 Å². The second-order valence-electron chi connectivity index (χ2n) is 6.11. The van der Waals surface area contributed by atoms with E-state index in [2.05, 4.69) is 5.32 Å². The summed E-state index contributed by atoms with van der Waals surface area (Å²) in [7, 11) is 1.36. The highest BCUT2D eigenvalue weighted by atomic mass is 32.2. The third-order valence-electron chi connectivity index (χ3n) is 4.10. The molecule has 0 saturated carbocycles. The Bertz CT molecular complexity index is 913. The highest BCUT2D eigenvalue weighted by Gasteiger charge is 2.21. The largest absolute Gasteiger partial charge is 0.497 e. The third kappa shape index (κ3) is 5.16. The second-order valence-corrected chi connectivity index (χ2v) is 7.68. The molecule has 146 valence electrons. The van der Waals surface area contributed by atoms with Crippen molar-refractivity contribution in [2.24, 2.45) is 5.14 Å². The lowest BCUT2D eigenvalue weighted by atomic mass is 10.1. The lowest BCUT2D eigenvalue weighted by molar-refractivity contribution is -0.384. The van der Waals surface area contributed by atoms with Crippen LogP contribution >= 0.6 is 0 Å². The first-order valence-electron chi connectivity index (χ1n) is 7.99. The molecule has 0 bridgehead atoms. The summed E-state index contributed by atoms with van der Waals surface area (Å²) in [5.74, 6) is 0.735. The van der Waals surface area contributed by atoms with Crippen molar-refractivity contribution in [2.75, 3.05) is 33.1 Å². The van der Waals surface area contributed by atoms with Gasteiger partial charge in [-0.25, -0.2) is 13.6 Å². The fourth-order valence-corrected chi connectivity index (χ4v) is 3.15. The normalized spacial score (nSPS) is 12.6. The Morgan fingerprint density at radius 2 is 1.85 bits per heavy atom. The van der Waals surface area contributed by atoms with Crippen molar-refractivity contribution in [3.63, 3.8) is 0 Å². The number of likely N-dealkylation sites (N-methyl/N-ethyl adjacent to an activating group) is 1. The molecule has 0 aromatic heterocycles. The van der Waals surface area contributed by atoms with Gasteiger partial charge in [0.1, 0.15) is 11.4 Å². The highest BCUT2D eigenvalue weighted by Crippen LogP contribution is 2.29. The zero-order valence-corrected chi connectivity index (χ0v) is 16.1. The maximum absolute atomic E-state index is 11.4. The molecule has 3 N–H and O–H groups in total. The van der Waals surface area contributed by atoms with Crippen LogP contribution in [0.5, 0.6) is 5.75 Å². The van der Waals surface area contributed by atoms with E-state index < -0.39 is 14.9 Å². The summed E-state index contributed by atoms with van der Waals surface area (Å²) in [6, 6.07) is 11.0. The van der Waals surface area contributed by atoms with E-state index in [0.29, 0.717) is 6.54 Å². The first-order valence-corrected chi connectivity index (χ1v) is 9.53. The molecule has 0 aliphatic rings. The number of rotatable bonds is 8. The van der Waals surface area contributed by atoms with Gasteiger partial charge < -0.3 is 15.0 Å². The summed E-state index contributed by atoms with van der Waals surface area (Å²) in [6.45, 7) is 0.370. The topological polar surface area (TPSA) is 128 Å². The van der Waals surface area contributed by atoms with Crippen molar-refractivity contribution < 1.29 is 18.1 Å². The molecule has 10 heteroatoms. The molecule has 9 nitrogen and oxygen atoms in total. The van der Waals surface area contributed by atoms with Crippen molar-refractivity contribution in [1.82, 2.24) is 4.90 Å². The number of hydrogen-bond acceptors (Lipinski definition) is 7. The minimum Gasteiger partial charge on any atom is -0.497 e. The molecule has 2 aromatic carbocycles. The Kier molecular flexibility index (Phi) is 6.37. The fraction of sp³-hybridized carbons (Fsp3) is 0.294. The quantitative estimate of drug-likeness (QED) is 0.517. The van der Waals surface area contributed by atoms with E-state index in [9.17, 15) is 18.5 Å². The average Bonchev–Trinajstić information content (AvgIpc) is 2.61. The van der Waals surface area contributed by atoms with Crippen LogP contribution in [0, 0.1) is 10.1 Å². The Balaban J connectivity index is 2.27. The molecule has 2 aromatic rings. The number of benzene rings is 2. The maximum Gasteiger partial charge on any atom is 0.293 e.